The summed E-state index contributed by atoms with van der Waals surface area (Å²) in [5.41, 5.74) is 6.07. The van der Waals surface area contributed by atoms with Gasteiger partial charge in [0.1, 0.15) is 11.6 Å². The van der Waals surface area contributed by atoms with Crippen molar-refractivity contribution in [1.29, 1.82) is 0 Å². The van der Waals surface area contributed by atoms with Crippen molar-refractivity contribution in [3.05, 3.63) is 34.1 Å². The third-order valence-electron chi connectivity index (χ3n) is 3.30. The highest BCUT2D eigenvalue weighted by Gasteiger charge is 2.18. The second-order valence-electron chi connectivity index (χ2n) is 5.65. The maximum absolute atomic E-state index is 13.6. The first-order valence-corrected chi connectivity index (χ1v) is 7.29. The monoisotopic (exact) mass is 329 g/mol. The zero-order valence-electron chi connectivity index (χ0n) is 11.5. The van der Waals surface area contributed by atoms with Crippen LogP contribution in [0.4, 0.5) is 4.39 Å². The molecule has 0 unspecified atom stereocenters. The molecule has 0 aliphatic carbocycles. The van der Waals surface area contributed by atoms with E-state index in [0.29, 0.717) is 23.0 Å². The lowest BCUT2D eigenvalue weighted by Gasteiger charge is -2.23. The average Bonchev–Trinajstić information content (AvgIpc) is 2.30. The molecule has 0 aromatic heterocycles. The summed E-state index contributed by atoms with van der Waals surface area (Å²) in [5, 5.41) is 0. The molecule has 0 fully saturated rings. The molecule has 0 heterocycles. The van der Waals surface area contributed by atoms with Crippen molar-refractivity contribution < 1.29 is 9.18 Å². The van der Waals surface area contributed by atoms with Gasteiger partial charge in [0.2, 0.25) is 0 Å². The van der Waals surface area contributed by atoms with Crippen molar-refractivity contribution in [2.75, 3.05) is 6.54 Å². The Morgan fingerprint density at radius 1 is 1.37 bits per heavy atom. The fourth-order valence-corrected chi connectivity index (χ4v) is 2.29. The molecule has 2 nitrogen and oxygen atoms in total. The van der Waals surface area contributed by atoms with Gasteiger partial charge in [0.25, 0.3) is 0 Å². The Labute approximate surface area is 122 Å². The zero-order valence-corrected chi connectivity index (χ0v) is 13.1. The third kappa shape index (κ3) is 5.83. The topological polar surface area (TPSA) is 43.1 Å². The van der Waals surface area contributed by atoms with Crippen LogP contribution in [0.25, 0.3) is 0 Å². The van der Waals surface area contributed by atoms with E-state index in [4.69, 9.17) is 5.73 Å². The van der Waals surface area contributed by atoms with Crippen molar-refractivity contribution >= 4 is 21.7 Å². The summed E-state index contributed by atoms with van der Waals surface area (Å²) in [6.45, 7) is 4.84. The van der Waals surface area contributed by atoms with Crippen molar-refractivity contribution in [1.82, 2.24) is 0 Å². The van der Waals surface area contributed by atoms with E-state index in [0.717, 1.165) is 12.8 Å². The highest BCUT2D eigenvalue weighted by atomic mass is 79.9. The number of hydrogen-bond donors (Lipinski definition) is 1. The van der Waals surface area contributed by atoms with E-state index in [1.165, 1.54) is 6.07 Å². The van der Waals surface area contributed by atoms with Crippen LogP contribution < -0.4 is 5.73 Å². The number of rotatable bonds is 7. The largest absolute Gasteiger partial charge is 0.330 e. The molecular formula is C15H21BrFNO. The molecular weight excluding hydrogens is 309 g/mol. The Bertz CT molecular complexity index is 446. The number of benzene rings is 1. The second kappa shape index (κ2) is 7.15. The Morgan fingerprint density at radius 2 is 2.05 bits per heavy atom. The van der Waals surface area contributed by atoms with Crippen LogP contribution >= 0.6 is 15.9 Å². The number of carbonyl (C=O) groups excluding carboxylic acids is 1. The molecule has 0 saturated carbocycles. The molecule has 0 aliphatic heterocycles. The lowest BCUT2D eigenvalue weighted by molar-refractivity contribution is -0.119. The molecule has 19 heavy (non-hydrogen) atoms. The Kier molecular flexibility index (Phi) is 6.14. The summed E-state index contributed by atoms with van der Waals surface area (Å²) >= 11 is 3.20. The molecule has 0 aliphatic rings. The fourth-order valence-electron chi connectivity index (χ4n) is 1.96. The van der Waals surface area contributed by atoms with Crippen LogP contribution in [-0.4, -0.2) is 12.3 Å². The van der Waals surface area contributed by atoms with Gasteiger partial charge in [-0.2, -0.15) is 0 Å². The standard InChI is InChI=1S/C15H21BrFNO/c1-15(2,7-8-18)6-5-13(19)9-11-3-4-12(16)10-14(11)17/h3-4,10H,5-9,18H2,1-2H3. The Morgan fingerprint density at radius 3 is 2.63 bits per heavy atom. The lowest BCUT2D eigenvalue weighted by atomic mass is 9.83. The van der Waals surface area contributed by atoms with E-state index >= 15 is 0 Å². The van der Waals surface area contributed by atoms with Gasteiger partial charge in [0.15, 0.2) is 0 Å². The van der Waals surface area contributed by atoms with E-state index < -0.39 is 0 Å². The smallest absolute Gasteiger partial charge is 0.137 e. The van der Waals surface area contributed by atoms with Gasteiger partial charge >= 0.3 is 0 Å². The van der Waals surface area contributed by atoms with Gasteiger partial charge in [0, 0.05) is 17.3 Å². The zero-order chi connectivity index (χ0) is 14.5. The maximum atomic E-state index is 13.6. The van der Waals surface area contributed by atoms with Gasteiger partial charge in [-0.05, 0) is 42.5 Å². The molecule has 0 atom stereocenters. The van der Waals surface area contributed by atoms with E-state index in [2.05, 4.69) is 29.8 Å². The van der Waals surface area contributed by atoms with Gasteiger partial charge in [-0.25, -0.2) is 4.39 Å². The van der Waals surface area contributed by atoms with E-state index in [1.54, 1.807) is 12.1 Å². The summed E-state index contributed by atoms with van der Waals surface area (Å²) in [5.74, 6) is -0.254. The average molecular weight is 330 g/mol. The molecule has 4 heteroatoms. The predicted octanol–water partition coefficient (Wildman–Crippen LogP) is 3.86. The van der Waals surface area contributed by atoms with Gasteiger partial charge in [-0.15, -0.1) is 0 Å². The van der Waals surface area contributed by atoms with E-state index in [-0.39, 0.29) is 23.4 Å². The highest BCUT2D eigenvalue weighted by molar-refractivity contribution is 9.10. The molecule has 0 saturated heterocycles. The number of halogens is 2. The minimum atomic E-state index is -0.330. The summed E-state index contributed by atoms with van der Waals surface area (Å²) in [6, 6.07) is 4.80. The molecule has 0 amide bonds. The number of ketones is 1. The van der Waals surface area contributed by atoms with Crippen LogP contribution in [0.2, 0.25) is 0 Å². The second-order valence-corrected chi connectivity index (χ2v) is 6.57. The number of nitrogens with two attached hydrogens (primary N) is 1. The Hall–Kier alpha value is -0.740. The van der Waals surface area contributed by atoms with Crippen LogP contribution in [0.15, 0.2) is 22.7 Å². The van der Waals surface area contributed by atoms with E-state index in [1.807, 2.05) is 0 Å². The van der Waals surface area contributed by atoms with Crippen LogP contribution in [0.5, 0.6) is 0 Å². The molecule has 2 N–H and O–H groups in total. The van der Waals surface area contributed by atoms with Crippen LogP contribution in [0.1, 0.15) is 38.7 Å². The molecule has 1 rings (SSSR count). The highest BCUT2D eigenvalue weighted by Crippen LogP contribution is 2.26. The summed E-state index contributed by atoms with van der Waals surface area (Å²) in [6.07, 6.45) is 2.33. The first-order chi connectivity index (χ1) is 8.84. The predicted molar refractivity (Wildman–Crippen MR) is 79.5 cm³/mol. The summed E-state index contributed by atoms with van der Waals surface area (Å²) in [7, 11) is 0. The van der Waals surface area contributed by atoms with Gasteiger partial charge < -0.3 is 5.73 Å². The molecule has 106 valence electrons. The lowest BCUT2D eigenvalue weighted by Crippen LogP contribution is -2.19. The van der Waals surface area contributed by atoms with Crippen LogP contribution in [-0.2, 0) is 11.2 Å². The summed E-state index contributed by atoms with van der Waals surface area (Å²) in [4.78, 5) is 11.9. The van der Waals surface area contributed by atoms with Crippen molar-refractivity contribution in [3.63, 3.8) is 0 Å². The van der Waals surface area contributed by atoms with Crippen molar-refractivity contribution in [3.8, 4) is 0 Å². The fraction of sp³-hybridized carbons (Fsp3) is 0.533. The molecule has 0 spiro atoms. The summed E-state index contributed by atoms with van der Waals surface area (Å²) < 4.78 is 14.3. The molecule has 1 aromatic carbocycles. The third-order valence-corrected chi connectivity index (χ3v) is 3.80. The first-order valence-electron chi connectivity index (χ1n) is 6.50. The van der Waals surface area contributed by atoms with Gasteiger partial charge in [-0.1, -0.05) is 35.8 Å². The van der Waals surface area contributed by atoms with Crippen LogP contribution in [0.3, 0.4) is 0 Å². The quantitative estimate of drug-likeness (QED) is 0.825. The Balaban J connectivity index is 2.52. The number of Topliss-reactive ketones (excluding diaryl/α,β-unsaturated/α-hetero) is 1. The van der Waals surface area contributed by atoms with E-state index in [9.17, 15) is 9.18 Å². The molecule has 0 bridgehead atoms. The normalized spacial score (nSPS) is 11.6. The first kappa shape index (κ1) is 16.3. The minimum absolute atomic E-state index is 0.0721. The van der Waals surface area contributed by atoms with Crippen molar-refractivity contribution in [2.24, 2.45) is 11.1 Å². The molecule has 0 radical (unpaired) electrons. The van der Waals surface area contributed by atoms with Gasteiger partial charge in [-0.3, -0.25) is 4.79 Å². The van der Waals surface area contributed by atoms with Crippen LogP contribution in [0, 0.1) is 11.2 Å². The van der Waals surface area contributed by atoms with Crippen molar-refractivity contribution in [2.45, 2.75) is 39.5 Å². The van der Waals surface area contributed by atoms with Gasteiger partial charge in [0.05, 0.1) is 0 Å². The molecule has 1 aromatic rings. The minimum Gasteiger partial charge on any atom is -0.330 e. The number of hydrogen-bond acceptors (Lipinski definition) is 2. The number of carbonyl (C=O) groups is 1. The maximum Gasteiger partial charge on any atom is 0.137 e. The SMILES string of the molecule is CC(C)(CCN)CCC(=O)Cc1ccc(Br)cc1F.